The van der Waals surface area contributed by atoms with Crippen LogP contribution in [0.2, 0.25) is 0 Å². The van der Waals surface area contributed by atoms with Crippen LogP contribution in [0.25, 0.3) is 12.2 Å². The zero-order valence-corrected chi connectivity index (χ0v) is 45.9. The summed E-state index contributed by atoms with van der Waals surface area (Å²) in [6, 6.07) is 23.5. The molecule has 0 aromatic heterocycles. The number of ether oxygens (including phenoxy) is 9. The number of likely N-dealkylation sites (N-methyl/N-ethyl adjacent to an activating group) is 1. The molecule has 7 atom stereocenters. The minimum Gasteiger partial charge on any atom is -0.493 e. The molecule has 18 heteroatoms. The van der Waals surface area contributed by atoms with Crippen molar-refractivity contribution in [2.75, 3.05) is 47.0 Å². The van der Waals surface area contributed by atoms with E-state index in [4.69, 9.17) is 42.6 Å². The van der Waals surface area contributed by atoms with Gasteiger partial charge in [-0.05, 0) is 112 Å². The van der Waals surface area contributed by atoms with Gasteiger partial charge in [-0.25, -0.2) is 19.2 Å². The first-order valence-electron chi connectivity index (χ1n) is 26.1. The van der Waals surface area contributed by atoms with Gasteiger partial charge in [0.15, 0.2) is 40.0 Å². The largest absolute Gasteiger partial charge is 0.514 e. The number of nitriles is 1. The molecule has 0 amide bonds. The Labute approximate surface area is 462 Å². The average molecular weight is 1090 g/mol. The molecule has 1 N–H and O–H groups in total. The van der Waals surface area contributed by atoms with E-state index in [1.165, 1.54) is 31.0 Å². The Kier molecular flexibility index (Phi) is 14.2. The molecular formula is C61H60N4O13S. The zero-order valence-electron chi connectivity index (χ0n) is 45.1. The molecular weight excluding hydrogens is 1030 g/mol. The van der Waals surface area contributed by atoms with E-state index >= 15 is 4.79 Å². The van der Waals surface area contributed by atoms with E-state index in [0.29, 0.717) is 70.0 Å². The highest BCUT2D eigenvalue weighted by atomic mass is 32.2. The lowest BCUT2D eigenvalue weighted by Gasteiger charge is -2.62. The molecule has 0 aliphatic carbocycles. The van der Waals surface area contributed by atoms with Gasteiger partial charge in [-0.1, -0.05) is 66.7 Å². The Morgan fingerprint density at radius 1 is 0.810 bits per heavy atom. The number of thioether (sulfide) groups is 1. The fourth-order valence-corrected chi connectivity index (χ4v) is 14.0. The van der Waals surface area contributed by atoms with E-state index in [9.17, 15) is 19.6 Å². The number of aryl methyl sites for hydroxylation is 1. The molecule has 1 unspecified atom stereocenters. The van der Waals surface area contributed by atoms with Crippen LogP contribution in [-0.2, 0) is 42.2 Å². The molecule has 1 spiro atoms. The number of nitrogens with zero attached hydrogens (tertiary/aromatic N) is 3. The van der Waals surface area contributed by atoms with Crippen LogP contribution in [0.1, 0.15) is 93.7 Å². The Bertz CT molecular complexity index is 3390. The molecule has 4 bridgehead atoms. The lowest BCUT2D eigenvalue weighted by molar-refractivity contribution is -0.157. The second kappa shape index (κ2) is 21.1. The summed E-state index contributed by atoms with van der Waals surface area (Å²) in [5, 5.41) is 14.4. The minimum absolute atomic E-state index is 0.0233. The average Bonchev–Trinajstić information content (AvgIpc) is 4.10. The fourth-order valence-electron chi connectivity index (χ4n) is 12.3. The van der Waals surface area contributed by atoms with Crippen LogP contribution in [0.15, 0.2) is 91.0 Å². The first-order valence-corrected chi connectivity index (χ1v) is 27.2. The van der Waals surface area contributed by atoms with Crippen molar-refractivity contribution in [3.8, 4) is 46.3 Å². The summed E-state index contributed by atoms with van der Waals surface area (Å²) in [4.78, 5) is 61.4. The molecule has 0 saturated carbocycles. The van der Waals surface area contributed by atoms with E-state index in [1.807, 2.05) is 87.6 Å². The summed E-state index contributed by atoms with van der Waals surface area (Å²) in [6.07, 6.45) is 6.06. The second-order valence-electron chi connectivity index (χ2n) is 21.4. The number of rotatable bonds is 9. The first-order chi connectivity index (χ1) is 38.0. The number of fused-ring (bicyclic) bond motifs is 9. The summed E-state index contributed by atoms with van der Waals surface area (Å²) in [6.45, 7) is 8.84. The monoisotopic (exact) mass is 1090 g/mol. The predicted molar refractivity (Wildman–Crippen MR) is 292 cm³/mol. The van der Waals surface area contributed by atoms with Crippen LogP contribution < -0.4 is 38.5 Å². The maximum absolute atomic E-state index is 15.4. The number of hydrogen-bond donors (Lipinski definition) is 1. The number of hydrogen-bond acceptors (Lipinski definition) is 18. The number of esters is 3. The summed E-state index contributed by atoms with van der Waals surface area (Å²) in [7, 11) is 4.97. The predicted octanol–water partition coefficient (Wildman–Crippen LogP) is 9.20. The van der Waals surface area contributed by atoms with Gasteiger partial charge in [0.2, 0.25) is 6.79 Å². The van der Waals surface area contributed by atoms with Crippen molar-refractivity contribution in [1.29, 1.82) is 5.26 Å². The molecule has 79 heavy (non-hydrogen) atoms. The number of nitrogens with one attached hydrogen (secondary N) is 1. The van der Waals surface area contributed by atoms with Crippen molar-refractivity contribution < 1.29 is 61.8 Å². The Hall–Kier alpha value is -7.82. The smallest absolute Gasteiger partial charge is 0.493 e. The highest BCUT2D eigenvalue weighted by molar-refractivity contribution is 7.99. The van der Waals surface area contributed by atoms with Crippen molar-refractivity contribution >= 4 is 48.0 Å². The van der Waals surface area contributed by atoms with Crippen molar-refractivity contribution in [2.45, 2.75) is 94.1 Å². The van der Waals surface area contributed by atoms with Crippen LogP contribution in [0, 0.1) is 25.2 Å². The van der Waals surface area contributed by atoms with E-state index in [1.54, 1.807) is 52.2 Å². The lowest BCUT2D eigenvalue weighted by atomic mass is 9.71. The van der Waals surface area contributed by atoms with Crippen LogP contribution in [0.5, 0.6) is 40.2 Å². The molecule has 12 rings (SSSR count). The van der Waals surface area contributed by atoms with Gasteiger partial charge in [-0.2, -0.15) is 5.26 Å². The van der Waals surface area contributed by atoms with Gasteiger partial charge in [0, 0.05) is 58.8 Å². The highest BCUT2D eigenvalue weighted by Gasteiger charge is 2.62. The van der Waals surface area contributed by atoms with Gasteiger partial charge in [0.25, 0.3) is 0 Å². The van der Waals surface area contributed by atoms with Crippen molar-refractivity contribution in [3.05, 3.63) is 147 Å². The van der Waals surface area contributed by atoms with Gasteiger partial charge in [-0.15, -0.1) is 11.8 Å². The van der Waals surface area contributed by atoms with E-state index in [-0.39, 0.29) is 42.2 Å². The minimum atomic E-state index is -1.53. The van der Waals surface area contributed by atoms with Gasteiger partial charge in [-0.3, -0.25) is 15.1 Å². The molecule has 5 aromatic rings. The Morgan fingerprint density at radius 3 is 2.13 bits per heavy atom. The van der Waals surface area contributed by atoms with Crippen LogP contribution in [-0.4, -0.2) is 105 Å². The molecule has 7 heterocycles. The van der Waals surface area contributed by atoms with Gasteiger partial charge >= 0.3 is 24.1 Å². The third kappa shape index (κ3) is 9.51. The third-order valence-corrected chi connectivity index (χ3v) is 17.0. The number of methoxy groups -OCH3 is 2. The molecule has 5 aromatic carbocycles. The van der Waals surface area contributed by atoms with Crippen molar-refractivity contribution in [3.63, 3.8) is 0 Å². The highest BCUT2D eigenvalue weighted by Crippen LogP contribution is 2.65. The molecule has 17 nitrogen and oxygen atoms in total. The van der Waals surface area contributed by atoms with Crippen LogP contribution in [0.4, 0.5) is 4.79 Å². The lowest BCUT2D eigenvalue weighted by Crippen LogP contribution is -2.69. The molecule has 2 saturated heterocycles. The maximum Gasteiger partial charge on any atom is 0.514 e. The summed E-state index contributed by atoms with van der Waals surface area (Å²) in [5.41, 5.74) is 4.48. The van der Waals surface area contributed by atoms with Gasteiger partial charge < -0.3 is 42.6 Å². The van der Waals surface area contributed by atoms with E-state index < -0.39 is 70.7 Å². The van der Waals surface area contributed by atoms with Gasteiger partial charge in [0.1, 0.15) is 24.0 Å². The summed E-state index contributed by atoms with van der Waals surface area (Å²) >= 11 is 1.43. The van der Waals surface area contributed by atoms with E-state index in [0.717, 1.165) is 22.3 Å². The quantitative estimate of drug-likeness (QED) is 0.0635. The number of benzene rings is 5. The maximum atomic E-state index is 15.4. The van der Waals surface area contributed by atoms with Gasteiger partial charge in [0.05, 0.1) is 37.6 Å². The normalized spacial score (nSPS) is 23.9. The molecule has 7 aliphatic heterocycles. The molecule has 2 fully saturated rings. The molecule has 0 radical (unpaired) electrons. The SMILES string of the molecule is COc1cc2c(cc1OC(=O)OC(C)(C)C)CCN[C@]21CS[C@@H]2c3c(OC(=O)/C=C/c4ccccc4)c(C)c4c(c3[C@@H](COC1=O)N1C2[C@H]2c3c(cc(C)c(OC)c3OC(=O)/C=C/c3ccccc3)C[C@H]([C@@H]1C#N)N2C)OCO4. The van der Waals surface area contributed by atoms with Crippen LogP contribution in [0.3, 0.4) is 0 Å². The summed E-state index contributed by atoms with van der Waals surface area (Å²) in [5.74, 6) is 0.0813. The number of carbonyl (C=O) groups is 4. The third-order valence-electron chi connectivity index (χ3n) is 15.6. The first kappa shape index (κ1) is 53.2. The zero-order chi connectivity index (χ0) is 55.5. The van der Waals surface area contributed by atoms with Crippen molar-refractivity contribution in [1.82, 2.24) is 15.1 Å². The molecule has 7 aliphatic rings. The Balaban J connectivity index is 1.12. The summed E-state index contributed by atoms with van der Waals surface area (Å²) < 4.78 is 55.6. The molecule has 408 valence electrons. The van der Waals surface area contributed by atoms with Crippen molar-refractivity contribution in [2.24, 2.45) is 0 Å². The number of carbonyl (C=O) groups excluding carboxylic acids is 4. The fraction of sp³-hybridized carbons (Fsp3) is 0.361. The van der Waals surface area contributed by atoms with E-state index in [2.05, 4.69) is 21.2 Å². The number of piperazine rings is 1. The second-order valence-corrected chi connectivity index (χ2v) is 22.5. The standard InChI is InChI=1S/C61H60N4O13S/c1-33-25-38-26-40-41(29-62)65-42-30-72-58(68)61(39-28-43(70-7)44(27-37(39)23-24-63-61)75-59(69)78-60(3,4)5)31-79-57(49-48(42)55-54(73-32-74-55)34(2)53(49)76-45(66)21-19-35-15-11-9-12-16-35)51(65)50(64(40)6)47(38)56(52(33)71-8)77-46(67)22-20-36-17-13-10-14-18-36/h9-22,25,27-28,40-42,50-51,57,63H,23-24,26,30-32H2,1-8H3/b21-19+,22-20+/t40-,41+,42-,50-,51?,57-,61-/m1/s1. The Morgan fingerprint density at radius 2 is 1.48 bits per heavy atom. The topological polar surface area (TPSA) is 194 Å². The van der Waals surface area contributed by atoms with Crippen LogP contribution >= 0.6 is 11.8 Å².